The monoisotopic (exact) mass is 277 g/mol. The summed E-state index contributed by atoms with van der Waals surface area (Å²) in [6.45, 7) is 1.17. The minimum absolute atomic E-state index is 0.662. The zero-order valence-corrected chi connectivity index (χ0v) is 13.0. The molecule has 21 heavy (non-hydrogen) atoms. The minimum Gasteiger partial charge on any atom is -0.309 e. The van der Waals surface area contributed by atoms with Gasteiger partial charge in [0.05, 0.1) is 0 Å². The summed E-state index contributed by atoms with van der Waals surface area (Å²) in [4.78, 5) is 2.28. The highest BCUT2D eigenvalue weighted by Gasteiger charge is 2.41. The number of aryl methyl sites for hydroxylation is 1. The number of fused-ring (bicyclic) bond motifs is 8. The van der Waals surface area contributed by atoms with Crippen LogP contribution in [-0.2, 0) is 6.42 Å². The summed E-state index contributed by atoms with van der Waals surface area (Å²) in [5, 5.41) is 0. The van der Waals surface area contributed by atoms with Crippen molar-refractivity contribution in [2.45, 2.75) is 31.1 Å². The molecule has 2 aromatic carbocycles. The molecular formula is C20H23N. The van der Waals surface area contributed by atoms with Crippen molar-refractivity contribution < 1.29 is 0 Å². The molecule has 2 atom stereocenters. The van der Waals surface area contributed by atoms with Gasteiger partial charge in [0.25, 0.3) is 0 Å². The lowest BCUT2D eigenvalue weighted by Crippen LogP contribution is -2.14. The van der Waals surface area contributed by atoms with Crippen LogP contribution >= 0.6 is 0 Å². The van der Waals surface area contributed by atoms with Crippen LogP contribution in [0.4, 0.5) is 0 Å². The molecule has 1 heteroatoms. The fourth-order valence-electron chi connectivity index (χ4n) is 4.37. The van der Waals surface area contributed by atoms with Crippen molar-refractivity contribution in [2.75, 3.05) is 20.6 Å². The van der Waals surface area contributed by atoms with E-state index in [1.165, 1.54) is 25.8 Å². The minimum atomic E-state index is 0.662. The van der Waals surface area contributed by atoms with Gasteiger partial charge in [-0.25, -0.2) is 0 Å². The van der Waals surface area contributed by atoms with Crippen molar-refractivity contribution in [3.63, 3.8) is 0 Å². The van der Waals surface area contributed by atoms with Gasteiger partial charge < -0.3 is 4.90 Å². The Morgan fingerprint density at radius 1 is 0.905 bits per heavy atom. The Hall–Kier alpha value is -1.60. The quantitative estimate of drug-likeness (QED) is 0.811. The van der Waals surface area contributed by atoms with Crippen molar-refractivity contribution in [2.24, 2.45) is 0 Å². The van der Waals surface area contributed by atoms with Crippen LogP contribution in [0.2, 0.25) is 0 Å². The van der Waals surface area contributed by atoms with E-state index in [0.717, 1.165) is 0 Å². The van der Waals surface area contributed by atoms with Crippen molar-refractivity contribution in [3.05, 3.63) is 70.3 Å². The molecule has 1 nitrogen and oxygen atoms in total. The molecule has 4 rings (SSSR count). The lowest BCUT2D eigenvalue weighted by Gasteiger charge is -2.22. The Kier molecular flexibility index (Phi) is 3.11. The molecule has 2 aromatic rings. The second-order valence-corrected chi connectivity index (χ2v) is 6.80. The first-order chi connectivity index (χ1) is 10.3. The van der Waals surface area contributed by atoms with Crippen molar-refractivity contribution in [1.29, 1.82) is 0 Å². The van der Waals surface area contributed by atoms with Crippen LogP contribution in [0, 0.1) is 0 Å². The van der Waals surface area contributed by atoms with E-state index in [1.807, 2.05) is 0 Å². The fraction of sp³-hybridized carbons (Fsp3) is 0.400. The average molecular weight is 277 g/mol. The summed E-state index contributed by atoms with van der Waals surface area (Å²) >= 11 is 0. The number of hydrogen-bond donors (Lipinski definition) is 0. The Morgan fingerprint density at radius 2 is 1.62 bits per heavy atom. The second-order valence-electron chi connectivity index (χ2n) is 6.80. The van der Waals surface area contributed by atoms with E-state index in [9.17, 15) is 0 Å². The number of nitrogens with zero attached hydrogens (tertiary/aromatic N) is 1. The van der Waals surface area contributed by atoms with Crippen LogP contribution < -0.4 is 0 Å². The van der Waals surface area contributed by atoms with Gasteiger partial charge in [-0.05, 0) is 67.7 Å². The van der Waals surface area contributed by atoms with E-state index < -0.39 is 0 Å². The molecule has 0 fully saturated rings. The van der Waals surface area contributed by atoms with E-state index in [-0.39, 0.29) is 0 Å². The van der Waals surface area contributed by atoms with E-state index in [4.69, 9.17) is 0 Å². The van der Waals surface area contributed by atoms with Crippen LogP contribution in [0.3, 0.4) is 0 Å². The first-order valence-corrected chi connectivity index (χ1v) is 8.11. The molecule has 0 heterocycles. The molecule has 0 saturated carbocycles. The van der Waals surface area contributed by atoms with Crippen LogP contribution in [-0.4, -0.2) is 25.5 Å². The van der Waals surface area contributed by atoms with Gasteiger partial charge in [-0.15, -0.1) is 0 Å². The predicted molar refractivity (Wildman–Crippen MR) is 88.1 cm³/mol. The average Bonchev–Trinajstić information content (AvgIpc) is 3.05. The molecule has 0 amide bonds. The first-order valence-electron chi connectivity index (χ1n) is 8.11. The maximum Gasteiger partial charge on any atom is 0.0107 e. The SMILES string of the molecule is CN(C)CCCc1cccc2c1C1CC2c2ccccc21. The Morgan fingerprint density at radius 3 is 2.38 bits per heavy atom. The molecule has 0 aliphatic heterocycles. The zero-order chi connectivity index (χ0) is 14.4. The summed E-state index contributed by atoms with van der Waals surface area (Å²) in [6.07, 6.45) is 3.77. The zero-order valence-electron chi connectivity index (χ0n) is 13.0. The summed E-state index contributed by atoms with van der Waals surface area (Å²) in [6, 6.07) is 16.1. The summed E-state index contributed by atoms with van der Waals surface area (Å²) in [5.41, 5.74) is 8.05. The van der Waals surface area contributed by atoms with Gasteiger partial charge in [0.15, 0.2) is 0 Å². The molecule has 0 radical (unpaired) electrons. The van der Waals surface area contributed by atoms with E-state index in [1.54, 1.807) is 27.8 Å². The third-order valence-corrected chi connectivity index (χ3v) is 5.22. The van der Waals surface area contributed by atoms with E-state index >= 15 is 0 Å². The maximum absolute atomic E-state index is 2.37. The molecule has 108 valence electrons. The summed E-state index contributed by atoms with van der Waals surface area (Å²) in [7, 11) is 4.32. The lowest BCUT2D eigenvalue weighted by atomic mass is 9.83. The van der Waals surface area contributed by atoms with Crippen LogP contribution in [0.1, 0.15) is 52.5 Å². The smallest absolute Gasteiger partial charge is 0.0107 e. The second kappa shape index (κ2) is 4.99. The topological polar surface area (TPSA) is 3.24 Å². The van der Waals surface area contributed by atoms with Gasteiger partial charge in [0.1, 0.15) is 0 Å². The molecule has 0 saturated heterocycles. The predicted octanol–water partition coefficient (Wildman–Crippen LogP) is 4.16. The normalized spacial score (nSPS) is 21.7. The number of rotatable bonds is 4. The molecule has 2 unspecified atom stereocenters. The molecule has 0 N–H and O–H groups in total. The lowest BCUT2D eigenvalue weighted by molar-refractivity contribution is 0.400. The Balaban J connectivity index is 1.68. The number of hydrogen-bond acceptors (Lipinski definition) is 1. The third kappa shape index (κ3) is 2.03. The summed E-state index contributed by atoms with van der Waals surface area (Å²) in [5.74, 6) is 1.33. The van der Waals surface area contributed by atoms with Crippen molar-refractivity contribution in [3.8, 4) is 0 Å². The van der Waals surface area contributed by atoms with Crippen LogP contribution in [0.25, 0.3) is 0 Å². The highest BCUT2D eigenvalue weighted by atomic mass is 15.0. The highest BCUT2D eigenvalue weighted by molar-refractivity contribution is 5.60. The summed E-state index contributed by atoms with van der Waals surface area (Å²) < 4.78 is 0. The largest absolute Gasteiger partial charge is 0.309 e. The molecule has 2 bridgehead atoms. The standard InChI is InChI=1S/C20H23N/c1-21(2)12-6-8-14-7-5-11-17-18-13-19(20(14)17)16-10-4-3-9-15(16)18/h3-5,7,9-11,18-19H,6,8,12-13H2,1-2H3. The number of benzene rings is 2. The first kappa shape index (κ1) is 13.1. The van der Waals surface area contributed by atoms with Crippen molar-refractivity contribution in [1.82, 2.24) is 4.90 Å². The van der Waals surface area contributed by atoms with Crippen LogP contribution in [0.15, 0.2) is 42.5 Å². The van der Waals surface area contributed by atoms with Gasteiger partial charge in [0.2, 0.25) is 0 Å². The Bertz CT molecular complexity index is 671. The molecule has 0 aromatic heterocycles. The molecular weight excluding hydrogens is 254 g/mol. The fourth-order valence-corrected chi connectivity index (χ4v) is 4.37. The third-order valence-electron chi connectivity index (χ3n) is 5.22. The van der Waals surface area contributed by atoms with Crippen molar-refractivity contribution >= 4 is 0 Å². The van der Waals surface area contributed by atoms with Gasteiger partial charge in [0, 0.05) is 11.8 Å². The maximum atomic E-state index is 2.37. The van der Waals surface area contributed by atoms with E-state index in [2.05, 4.69) is 61.5 Å². The van der Waals surface area contributed by atoms with E-state index in [0.29, 0.717) is 11.8 Å². The van der Waals surface area contributed by atoms with Gasteiger partial charge in [-0.1, -0.05) is 42.5 Å². The highest BCUT2D eigenvalue weighted by Crippen LogP contribution is 2.57. The molecule has 2 aliphatic rings. The van der Waals surface area contributed by atoms with Gasteiger partial charge in [-0.3, -0.25) is 0 Å². The molecule has 0 spiro atoms. The van der Waals surface area contributed by atoms with Crippen LogP contribution in [0.5, 0.6) is 0 Å². The Labute approximate surface area is 127 Å². The molecule has 2 aliphatic carbocycles. The van der Waals surface area contributed by atoms with Gasteiger partial charge >= 0.3 is 0 Å². The van der Waals surface area contributed by atoms with Gasteiger partial charge in [-0.2, -0.15) is 0 Å².